The molecule has 43 heavy (non-hydrogen) atoms. The monoisotopic (exact) mass is 620 g/mol. The number of rotatable bonds is 9. The summed E-state index contributed by atoms with van der Waals surface area (Å²) in [7, 11) is 0. The Labute approximate surface area is 260 Å². The SMILES string of the molecule is Cc1ccc(C(=O)N2CCCC3(CCN(CCc4cccc(CNCC(O)c5ccc(O)c6[nH]c(=O)sc56)c4)CC3)C2)s1. The number of phenolic OH excluding ortho intramolecular Hbond substituents is 1. The molecule has 8 nitrogen and oxygen atoms in total. The van der Waals surface area contributed by atoms with E-state index in [9.17, 15) is 19.8 Å². The molecule has 4 N–H and O–H groups in total. The lowest BCUT2D eigenvalue weighted by atomic mass is 9.72. The third kappa shape index (κ3) is 6.89. The van der Waals surface area contributed by atoms with E-state index in [4.69, 9.17) is 0 Å². The van der Waals surface area contributed by atoms with Crippen LogP contribution in [0.3, 0.4) is 0 Å². The molecule has 2 aromatic carbocycles. The number of benzene rings is 2. The molecule has 10 heteroatoms. The van der Waals surface area contributed by atoms with Crippen molar-refractivity contribution in [2.24, 2.45) is 5.41 Å². The van der Waals surface area contributed by atoms with Gasteiger partial charge in [0.15, 0.2) is 0 Å². The van der Waals surface area contributed by atoms with E-state index < -0.39 is 6.10 Å². The Morgan fingerprint density at radius 3 is 2.67 bits per heavy atom. The van der Waals surface area contributed by atoms with Crippen molar-refractivity contribution in [2.45, 2.75) is 51.7 Å². The van der Waals surface area contributed by atoms with Gasteiger partial charge in [0.1, 0.15) is 11.3 Å². The van der Waals surface area contributed by atoms with Crippen molar-refractivity contribution in [3.63, 3.8) is 0 Å². The fraction of sp³-hybridized carbons (Fsp3) is 0.455. The minimum Gasteiger partial charge on any atom is -0.506 e. The summed E-state index contributed by atoms with van der Waals surface area (Å²) < 4.78 is 0.590. The van der Waals surface area contributed by atoms with Crippen LogP contribution in [0.5, 0.6) is 5.75 Å². The Bertz CT molecular complexity index is 1640. The molecule has 1 amide bonds. The van der Waals surface area contributed by atoms with Crippen molar-refractivity contribution < 1.29 is 15.0 Å². The second kappa shape index (κ2) is 12.9. The summed E-state index contributed by atoms with van der Waals surface area (Å²) in [6.45, 7) is 7.98. The van der Waals surface area contributed by atoms with Crippen LogP contribution < -0.4 is 10.2 Å². The van der Waals surface area contributed by atoms with E-state index >= 15 is 0 Å². The summed E-state index contributed by atoms with van der Waals surface area (Å²) in [5.41, 5.74) is 3.74. The van der Waals surface area contributed by atoms with E-state index in [1.807, 2.05) is 12.1 Å². The number of carbonyl (C=O) groups excluding carboxylic acids is 1. The molecule has 0 radical (unpaired) electrons. The van der Waals surface area contributed by atoms with Crippen LogP contribution in [-0.2, 0) is 13.0 Å². The third-order valence-corrected chi connectivity index (χ3v) is 11.1. The molecule has 2 aliphatic heterocycles. The van der Waals surface area contributed by atoms with Crippen LogP contribution in [0.15, 0.2) is 53.3 Å². The van der Waals surface area contributed by atoms with E-state index in [0.29, 0.717) is 28.9 Å². The van der Waals surface area contributed by atoms with Gasteiger partial charge >= 0.3 is 4.87 Å². The third-order valence-electron chi connectivity index (χ3n) is 9.14. The lowest BCUT2D eigenvalue weighted by Gasteiger charge is -2.47. The number of nitrogens with one attached hydrogen (secondary N) is 2. The van der Waals surface area contributed by atoms with Gasteiger partial charge in [-0.3, -0.25) is 9.59 Å². The van der Waals surface area contributed by atoms with Gasteiger partial charge in [0.25, 0.3) is 5.91 Å². The van der Waals surface area contributed by atoms with Gasteiger partial charge in [-0.15, -0.1) is 11.3 Å². The van der Waals surface area contributed by atoms with Crippen molar-refractivity contribution in [3.8, 4) is 5.75 Å². The number of aromatic amines is 1. The fourth-order valence-electron chi connectivity index (χ4n) is 6.69. The number of aromatic hydroxyl groups is 1. The van der Waals surface area contributed by atoms with Crippen LogP contribution in [0.25, 0.3) is 10.2 Å². The second-order valence-electron chi connectivity index (χ2n) is 12.2. The van der Waals surface area contributed by atoms with Gasteiger partial charge in [0.05, 0.1) is 15.7 Å². The zero-order valence-electron chi connectivity index (χ0n) is 24.6. The van der Waals surface area contributed by atoms with Gasteiger partial charge in [-0.1, -0.05) is 41.7 Å². The number of aryl methyl sites for hydroxylation is 1. The maximum absolute atomic E-state index is 13.1. The van der Waals surface area contributed by atoms with E-state index in [0.717, 1.165) is 80.2 Å². The van der Waals surface area contributed by atoms with Gasteiger partial charge in [0.2, 0.25) is 0 Å². The first kappa shape index (κ1) is 30.0. The summed E-state index contributed by atoms with van der Waals surface area (Å²) in [5.74, 6) is 0.218. The molecule has 1 spiro atoms. The number of likely N-dealkylation sites (tertiary alicyclic amines) is 2. The Morgan fingerprint density at radius 1 is 1.07 bits per heavy atom. The molecule has 2 aliphatic rings. The molecule has 0 saturated carbocycles. The number of H-pyrrole nitrogens is 1. The summed E-state index contributed by atoms with van der Waals surface area (Å²) in [5, 5.41) is 24.1. The predicted octanol–water partition coefficient (Wildman–Crippen LogP) is 5.05. The molecule has 6 rings (SSSR count). The largest absolute Gasteiger partial charge is 0.506 e. The van der Waals surface area contributed by atoms with Crippen molar-refractivity contribution >= 4 is 38.8 Å². The number of nitrogens with zero attached hydrogens (tertiary/aromatic N) is 2. The van der Waals surface area contributed by atoms with Crippen molar-refractivity contribution in [1.29, 1.82) is 0 Å². The maximum atomic E-state index is 13.1. The fourth-order valence-corrected chi connectivity index (χ4v) is 8.45. The Kier molecular flexibility index (Phi) is 9.02. The highest BCUT2D eigenvalue weighted by atomic mass is 32.1. The van der Waals surface area contributed by atoms with Crippen LogP contribution in [0.4, 0.5) is 0 Å². The van der Waals surface area contributed by atoms with Crippen molar-refractivity contribution in [2.75, 3.05) is 39.3 Å². The first-order valence-electron chi connectivity index (χ1n) is 15.2. The van der Waals surface area contributed by atoms with Crippen LogP contribution in [0.1, 0.15) is 63.0 Å². The topological polar surface area (TPSA) is 109 Å². The standard InChI is InChI=1S/C33H40N4O4S2/c1-22-6-9-28(42-22)31(40)37-14-3-11-33(21-37)12-16-36(17-13-33)15-10-23-4-2-5-24(18-23)19-34-20-27(39)25-7-8-26(38)29-30(25)43-32(41)35-29/h2,4-9,18,27,34,38-39H,3,10-17,19-21H2,1H3,(H,35,41). The highest BCUT2D eigenvalue weighted by Crippen LogP contribution is 2.40. The number of piperidine rings is 2. The molecule has 2 saturated heterocycles. The lowest BCUT2D eigenvalue weighted by Crippen LogP contribution is -2.51. The van der Waals surface area contributed by atoms with Crippen molar-refractivity contribution in [3.05, 3.63) is 84.6 Å². The van der Waals surface area contributed by atoms with E-state index in [-0.39, 0.29) is 21.9 Å². The molecule has 2 fully saturated rings. The molecule has 2 aromatic heterocycles. The molecule has 1 atom stereocenters. The zero-order valence-corrected chi connectivity index (χ0v) is 26.2. The van der Waals surface area contributed by atoms with Crippen LogP contribution in [-0.4, -0.2) is 70.2 Å². The minimum absolute atomic E-state index is 0.00939. The van der Waals surface area contributed by atoms with E-state index in [1.165, 1.54) is 22.9 Å². The molecule has 4 heterocycles. The summed E-state index contributed by atoms with van der Waals surface area (Å²) in [4.78, 5) is 34.0. The van der Waals surface area contributed by atoms with Crippen LogP contribution in [0.2, 0.25) is 0 Å². The van der Waals surface area contributed by atoms with Gasteiger partial charge < -0.3 is 30.3 Å². The number of phenols is 1. The van der Waals surface area contributed by atoms with Crippen molar-refractivity contribution in [1.82, 2.24) is 20.1 Å². The number of amides is 1. The summed E-state index contributed by atoms with van der Waals surface area (Å²) in [6.07, 6.45) is 4.82. The molecule has 1 unspecified atom stereocenters. The summed E-state index contributed by atoms with van der Waals surface area (Å²) >= 11 is 2.60. The Hall–Kier alpha value is -3.02. The average molecular weight is 621 g/mol. The number of thiazole rings is 1. The Morgan fingerprint density at radius 2 is 1.88 bits per heavy atom. The second-order valence-corrected chi connectivity index (χ2v) is 14.5. The number of thiophene rings is 1. The van der Waals surface area contributed by atoms with Crippen LogP contribution >= 0.6 is 22.7 Å². The molecule has 4 aromatic rings. The Balaban J connectivity index is 0.966. The number of aromatic nitrogens is 1. The highest BCUT2D eigenvalue weighted by Gasteiger charge is 2.39. The number of hydrogen-bond donors (Lipinski definition) is 4. The van der Waals surface area contributed by atoms with Crippen LogP contribution in [0, 0.1) is 12.3 Å². The quantitative estimate of drug-likeness (QED) is 0.209. The lowest BCUT2D eigenvalue weighted by molar-refractivity contribution is 0.0219. The smallest absolute Gasteiger partial charge is 0.305 e. The van der Waals surface area contributed by atoms with Gasteiger partial charge in [-0.05, 0) is 86.9 Å². The first-order chi connectivity index (χ1) is 20.8. The molecular weight excluding hydrogens is 581 g/mol. The molecule has 0 aliphatic carbocycles. The van der Waals surface area contributed by atoms with E-state index in [2.05, 4.69) is 51.3 Å². The molecule has 228 valence electrons. The average Bonchev–Trinajstić information content (AvgIpc) is 3.62. The zero-order chi connectivity index (χ0) is 30.0. The highest BCUT2D eigenvalue weighted by molar-refractivity contribution is 7.16. The predicted molar refractivity (Wildman–Crippen MR) is 173 cm³/mol. The maximum Gasteiger partial charge on any atom is 0.305 e. The first-order valence-corrected chi connectivity index (χ1v) is 16.8. The normalized spacial score (nSPS) is 18.0. The van der Waals surface area contributed by atoms with Gasteiger partial charge in [0, 0.05) is 43.2 Å². The van der Waals surface area contributed by atoms with Gasteiger partial charge in [-0.2, -0.15) is 0 Å². The van der Waals surface area contributed by atoms with Gasteiger partial charge in [-0.25, -0.2) is 0 Å². The number of hydrogen-bond acceptors (Lipinski definition) is 8. The molecular formula is C33H40N4O4S2. The minimum atomic E-state index is -0.797. The van der Waals surface area contributed by atoms with E-state index in [1.54, 1.807) is 17.4 Å². The number of fused-ring (bicyclic) bond motifs is 1. The summed E-state index contributed by atoms with van der Waals surface area (Å²) in [6, 6.07) is 15.8. The number of aliphatic hydroxyl groups is 1. The number of aliphatic hydroxyl groups excluding tert-OH is 1. The molecule has 0 bridgehead atoms. The number of carbonyl (C=O) groups is 1.